The Kier molecular flexibility index (Phi) is 5.65. The zero-order valence-electron chi connectivity index (χ0n) is 11.7. The molecule has 1 amide bonds. The molecule has 0 spiro atoms. The van der Waals surface area contributed by atoms with E-state index in [9.17, 15) is 13.2 Å². The molecule has 0 unspecified atom stereocenters. The van der Waals surface area contributed by atoms with Crippen molar-refractivity contribution < 1.29 is 17.9 Å². The molecule has 112 valence electrons. The van der Waals surface area contributed by atoms with E-state index in [1.54, 1.807) is 4.90 Å². The van der Waals surface area contributed by atoms with Gasteiger partial charge in [-0.05, 0) is 26.7 Å². The van der Waals surface area contributed by atoms with Crippen LogP contribution in [0.1, 0.15) is 26.7 Å². The molecule has 0 bridgehead atoms. The zero-order valence-corrected chi connectivity index (χ0v) is 13.3. The molecule has 1 rings (SSSR count). The van der Waals surface area contributed by atoms with E-state index in [1.165, 1.54) is 13.8 Å². The summed E-state index contributed by atoms with van der Waals surface area (Å²) in [7, 11) is -3.42. The Hall–Kier alpha value is -0.330. The second-order valence-corrected chi connectivity index (χ2v) is 8.28. The molecule has 0 saturated carbocycles. The van der Waals surface area contributed by atoms with Gasteiger partial charge in [0.2, 0.25) is 5.91 Å². The van der Waals surface area contributed by atoms with E-state index >= 15 is 0 Å². The summed E-state index contributed by atoms with van der Waals surface area (Å²) in [5, 5.41) is 0. The Morgan fingerprint density at radius 2 is 1.89 bits per heavy atom. The fourth-order valence-electron chi connectivity index (χ4n) is 1.98. The van der Waals surface area contributed by atoms with Gasteiger partial charge in [-0.15, -0.1) is 11.6 Å². The summed E-state index contributed by atoms with van der Waals surface area (Å²) in [6.07, 6.45) is 2.66. The van der Waals surface area contributed by atoms with Gasteiger partial charge in [0, 0.05) is 25.2 Å². The van der Waals surface area contributed by atoms with E-state index in [2.05, 4.69) is 0 Å². The van der Waals surface area contributed by atoms with Crippen LogP contribution in [0.15, 0.2) is 0 Å². The number of carbonyl (C=O) groups is 1. The number of nitrogens with zero attached hydrogens (tertiary/aromatic N) is 1. The van der Waals surface area contributed by atoms with Gasteiger partial charge in [-0.2, -0.15) is 0 Å². The summed E-state index contributed by atoms with van der Waals surface area (Å²) in [6, 6.07) is 0. The van der Waals surface area contributed by atoms with E-state index < -0.39 is 14.6 Å². The fourth-order valence-corrected chi connectivity index (χ4v) is 2.51. The van der Waals surface area contributed by atoms with Gasteiger partial charge in [0.1, 0.15) is 4.75 Å². The molecule has 0 aliphatic carbocycles. The first-order valence-electron chi connectivity index (χ1n) is 6.36. The minimum absolute atomic E-state index is 0.115. The lowest BCUT2D eigenvalue weighted by Crippen LogP contribution is -2.52. The van der Waals surface area contributed by atoms with Crippen molar-refractivity contribution in [1.29, 1.82) is 0 Å². The van der Waals surface area contributed by atoms with Crippen molar-refractivity contribution in [3.05, 3.63) is 0 Å². The Bertz CT molecular complexity index is 413. The summed E-state index contributed by atoms with van der Waals surface area (Å²) in [6.45, 7) is 4.49. The number of hydrogen-bond donors (Lipinski definition) is 0. The van der Waals surface area contributed by atoms with E-state index in [0.29, 0.717) is 25.6 Å². The maximum Gasteiger partial charge on any atom is 0.243 e. The summed E-state index contributed by atoms with van der Waals surface area (Å²) in [4.78, 5) is 13.9. The van der Waals surface area contributed by atoms with Crippen LogP contribution < -0.4 is 0 Å². The van der Waals surface area contributed by atoms with Crippen LogP contribution in [0.2, 0.25) is 0 Å². The zero-order chi connectivity index (χ0) is 14.7. The summed E-state index contributed by atoms with van der Waals surface area (Å²) in [5.41, 5.74) is 0. The van der Waals surface area contributed by atoms with Gasteiger partial charge in [-0.3, -0.25) is 4.79 Å². The van der Waals surface area contributed by atoms with Gasteiger partial charge in [0.05, 0.1) is 12.7 Å². The third-order valence-electron chi connectivity index (χ3n) is 3.60. The highest BCUT2D eigenvalue weighted by Gasteiger charge is 2.42. The van der Waals surface area contributed by atoms with Crippen LogP contribution in [0.3, 0.4) is 0 Å². The maximum absolute atomic E-state index is 12.3. The van der Waals surface area contributed by atoms with E-state index in [-0.39, 0.29) is 12.0 Å². The minimum atomic E-state index is -3.42. The van der Waals surface area contributed by atoms with Crippen molar-refractivity contribution in [2.75, 3.05) is 31.8 Å². The molecule has 1 heterocycles. The van der Waals surface area contributed by atoms with Crippen molar-refractivity contribution in [1.82, 2.24) is 4.90 Å². The quantitative estimate of drug-likeness (QED) is 0.712. The Balaban J connectivity index is 2.59. The molecule has 0 atom stereocenters. The number of piperidine rings is 1. The number of rotatable bonds is 5. The number of hydrogen-bond acceptors (Lipinski definition) is 4. The van der Waals surface area contributed by atoms with Crippen molar-refractivity contribution >= 4 is 27.3 Å². The molecule has 1 aliphatic rings. The molecule has 5 nitrogen and oxygen atoms in total. The number of ether oxygens (including phenoxy) is 1. The van der Waals surface area contributed by atoms with Gasteiger partial charge < -0.3 is 9.64 Å². The highest BCUT2D eigenvalue weighted by atomic mass is 35.5. The Labute approximate surface area is 120 Å². The third-order valence-corrected chi connectivity index (χ3v) is 5.78. The lowest BCUT2D eigenvalue weighted by atomic mass is 10.1. The first kappa shape index (κ1) is 16.7. The fraction of sp³-hybridized carbons (Fsp3) is 0.917. The lowest BCUT2D eigenvalue weighted by Gasteiger charge is -2.36. The van der Waals surface area contributed by atoms with Crippen LogP contribution in [-0.4, -0.2) is 61.9 Å². The third kappa shape index (κ3) is 4.07. The summed E-state index contributed by atoms with van der Waals surface area (Å²) < 4.78 is 27.5. The second-order valence-electron chi connectivity index (χ2n) is 5.33. The highest BCUT2D eigenvalue weighted by molar-refractivity contribution is 7.92. The molecule has 1 aliphatic heterocycles. The van der Waals surface area contributed by atoms with Gasteiger partial charge in [0.25, 0.3) is 0 Å². The first-order valence-corrected chi connectivity index (χ1v) is 8.79. The average Bonchev–Trinajstić information content (AvgIpc) is 2.34. The normalized spacial score (nSPS) is 18.6. The smallest absolute Gasteiger partial charge is 0.243 e. The van der Waals surface area contributed by atoms with Gasteiger partial charge in [0.15, 0.2) is 9.84 Å². The number of halogens is 1. The number of amides is 1. The molecule has 1 saturated heterocycles. The second kappa shape index (κ2) is 6.41. The molecule has 0 aromatic heterocycles. The number of likely N-dealkylation sites (tertiary alicyclic amines) is 1. The molecule has 19 heavy (non-hydrogen) atoms. The molecule has 7 heteroatoms. The van der Waals surface area contributed by atoms with E-state index in [0.717, 1.165) is 19.1 Å². The molecule has 1 fully saturated rings. The van der Waals surface area contributed by atoms with Gasteiger partial charge in [-0.1, -0.05) is 0 Å². The Morgan fingerprint density at radius 1 is 1.37 bits per heavy atom. The maximum atomic E-state index is 12.3. The van der Waals surface area contributed by atoms with E-state index in [1.807, 2.05) is 0 Å². The monoisotopic (exact) mass is 311 g/mol. The van der Waals surface area contributed by atoms with Crippen molar-refractivity contribution in [3.8, 4) is 0 Å². The number of sulfone groups is 1. The van der Waals surface area contributed by atoms with Gasteiger partial charge >= 0.3 is 0 Å². The van der Waals surface area contributed by atoms with Crippen LogP contribution in [0, 0.1) is 0 Å². The van der Waals surface area contributed by atoms with Crippen molar-refractivity contribution in [2.24, 2.45) is 0 Å². The van der Waals surface area contributed by atoms with E-state index in [4.69, 9.17) is 16.3 Å². The predicted molar refractivity (Wildman–Crippen MR) is 75.2 cm³/mol. The highest BCUT2D eigenvalue weighted by Crippen LogP contribution is 2.22. The summed E-state index contributed by atoms with van der Waals surface area (Å²) in [5.74, 6) is 0.131. The molecule has 0 radical (unpaired) electrons. The molecule has 0 N–H and O–H groups in total. The molecule has 0 aromatic carbocycles. The van der Waals surface area contributed by atoms with Crippen LogP contribution in [0.4, 0.5) is 0 Å². The molecule has 0 aromatic rings. The predicted octanol–water partition coefficient (Wildman–Crippen LogP) is 1.06. The Morgan fingerprint density at radius 3 is 2.32 bits per heavy atom. The number of carbonyl (C=O) groups excluding carboxylic acids is 1. The van der Waals surface area contributed by atoms with Crippen LogP contribution >= 0.6 is 11.6 Å². The first-order chi connectivity index (χ1) is 8.70. The average molecular weight is 312 g/mol. The minimum Gasteiger partial charge on any atom is -0.377 e. The molecular formula is C12H22ClNO4S. The SMILES string of the molecule is CC(C)(C(=O)N1CCC(OCCCl)CC1)S(C)(=O)=O. The van der Waals surface area contributed by atoms with Crippen LogP contribution in [0.5, 0.6) is 0 Å². The molecular weight excluding hydrogens is 290 g/mol. The standard InChI is InChI=1S/C12H22ClNO4S/c1-12(2,19(3,16)17)11(15)14-7-4-10(5-8-14)18-9-6-13/h10H,4-9H2,1-3H3. The number of alkyl halides is 1. The van der Waals surface area contributed by atoms with Crippen molar-refractivity contribution in [3.63, 3.8) is 0 Å². The van der Waals surface area contributed by atoms with Crippen LogP contribution in [0.25, 0.3) is 0 Å². The largest absolute Gasteiger partial charge is 0.377 e. The van der Waals surface area contributed by atoms with Gasteiger partial charge in [-0.25, -0.2) is 8.42 Å². The lowest BCUT2D eigenvalue weighted by molar-refractivity contribution is -0.135. The van der Waals surface area contributed by atoms with Crippen molar-refractivity contribution in [2.45, 2.75) is 37.5 Å². The van der Waals surface area contributed by atoms with Crippen LogP contribution in [-0.2, 0) is 19.4 Å². The topological polar surface area (TPSA) is 63.7 Å². The summed E-state index contributed by atoms with van der Waals surface area (Å²) >= 11 is 5.55.